The minimum Gasteiger partial charge on any atom is -0.493 e. The lowest BCUT2D eigenvalue weighted by Gasteiger charge is -2.15. The smallest absolute Gasteiger partial charge is 0.306 e. The Morgan fingerprint density at radius 2 is 1.96 bits per heavy atom. The van der Waals surface area contributed by atoms with E-state index < -0.39 is 11.9 Å². The standard InChI is InChI=1S/C19H26N2O6/c1-11(2)20-17(22)10-27-15-7-5-12(9-16(15)26-3)18(23)21-14-6-4-13(8-14)19(24)25/h5,7,9,11,13-14H,4,6,8,10H2,1-3H3,(H,20,22)(H,21,23)(H,24,25)/t13-,14+/m1/s1. The molecule has 148 valence electrons. The molecule has 0 radical (unpaired) electrons. The summed E-state index contributed by atoms with van der Waals surface area (Å²) in [7, 11) is 1.45. The van der Waals surface area contributed by atoms with Crippen molar-refractivity contribution in [2.45, 2.75) is 45.2 Å². The number of benzene rings is 1. The Hall–Kier alpha value is -2.77. The van der Waals surface area contributed by atoms with E-state index in [2.05, 4.69) is 10.6 Å². The maximum absolute atomic E-state index is 12.4. The fraction of sp³-hybridized carbons (Fsp3) is 0.526. The molecule has 1 aliphatic carbocycles. The molecule has 1 aliphatic rings. The molecule has 27 heavy (non-hydrogen) atoms. The van der Waals surface area contributed by atoms with E-state index in [1.807, 2.05) is 13.8 Å². The zero-order valence-corrected chi connectivity index (χ0v) is 15.8. The molecule has 2 rings (SSSR count). The van der Waals surface area contributed by atoms with Crippen molar-refractivity contribution in [2.24, 2.45) is 5.92 Å². The molecule has 0 saturated heterocycles. The highest BCUT2D eigenvalue weighted by Gasteiger charge is 2.30. The normalized spacial score (nSPS) is 18.8. The number of amides is 2. The number of ether oxygens (including phenoxy) is 2. The van der Waals surface area contributed by atoms with E-state index in [1.165, 1.54) is 13.2 Å². The summed E-state index contributed by atoms with van der Waals surface area (Å²) >= 11 is 0. The van der Waals surface area contributed by atoms with Gasteiger partial charge in [-0.2, -0.15) is 0 Å². The molecule has 0 spiro atoms. The molecule has 0 bridgehead atoms. The molecule has 2 amide bonds. The summed E-state index contributed by atoms with van der Waals surface area (Å²) in [6.07, 6.45) is 1.64. The lowest BCUT2D eigenvalue weighted by atomic mass is 10.1. The van der Waals surface area contributed by atoms with Gasteiger partial charge in [-0.05, 0) is 51.3 Å². The molecular formula is C19H26N2O6. The van der Waals surface area contributed by atoms with Gasteiger partial charge in [0, 0.05) is 17.6 Å². The van der Waals surface area contributed by atoms with Crippen molar-refractivity contribution in [1.82, 2.24) is 10.6 Å². The maximum Gasteiger partial charge on any atom is 0.306 e. The number of carbonyl (C=O) groups is 3. The van der Waals surface area contributed by atoms with E-state index in [-0.39, 0.29) is 30.5 Å². The molecule has 2 atom stereocenters. The van der Waals surface area contributed by atoms with Crippen LogP contribution in [0.2, 0.25) is 0 Å². The van der Waals surface area contributed by atoms with Gasteiger partial charge in [0.25, 0.3) is 11.8 Å². The summed E-state index contributed by atoms with van der Waals surface area (Å²) in [5.41, 5.74) is 0.379. The van der Waals surface area contributed by atoms with Crippen LogP contribution in [0.1, 0.15) is 43.5 Å². The molecular weight excluding hydrogens is 352 g/mol. The van der Waals surface area contributed by atoms with Gasteiger partial charge in [-0.15, -0.1) is 0 Å². The van der Waals surface area contributed by atoms with E-state index in [9.17, 15) is 14.4 Å². The van der Waals surface area contributed by atoms with Crippen molar-refractivity contribution in [3.63, 3.8) is 0 Å². The second-order valence-electron chi connectivity index (χ2n) is 6.90. The van der Waals surface area contributed by atoms with Crippen molar-refractivity contribution in [3.05, 3.63) is 23.8 Å². The van der Waals surface area contributed by atoms with Crippen LogP contribution in [0.15, 0.2) is 18.2 Å². The minimum absolute atomic E-state index is 0.0189. The molecule has 8 heteroatoms. The number of nitrogens with one attached hydrogen (secondary N) is 2. The Morgan fingerprint density at radius 1 is 1.22 bits per heavy atom. The van der Waals surface area contributed by atoms with E-state index in [1.54, 1.807) is 12.1 Å². The van der Waals surface area contributed by atoms with Crippen LogP contribution >= 0.6 is 0 Å². The number of carboxylic acid groups (broad SMARTS) is 1. The summed E-state index contributed by atoms with van der Waals surface area (Å²) in [6.45, 7) is 3.56. The highest BCUT2D eigenvalue weighted by atomic mass is 16.5. The highest BCUT2D eigenvalue weighted by molar-refractivity contribution is 5.95. The van der Waals surface area contributed by atoms with Crippen LogP contribution in [0.3, 0.4) is 0 Å². The van der Waals surface area contributed by atoms with E-state index in [0.717, 1.165) is 0 Å². The fourth-order valence-corrected chi connectivity index (χ4v) is 3.04. The molecule has 0 aromatic heterocycles. The van der Waals surface area contributed by atoms with Gasteiger partial charge in [0.1, 0.15) is 0 Å². The first kappa shape index (κ1) is 20.5. The van der Waals surface area contributed by atoms with Gasteiger partial charge in [-0.1, -0.05) is 0 Å². The van der Waals surface area contributed by atoms with Gasteiger partial charge in [0.15, 0.2) is 18.1 Å². The van der Waals surface area contributed by atoms with Crippen LogP contribution in [0.25, 0.3) is 0 Å². The van der Waals surface area contributed by atoms with Crippen molar-refractivity contribution < 1.29 is 29.0 Å². The summed E-state index contributed by atoms with van der Waals surface area (Å²) in [6, 6.07) is 4.56. The summed E-state index contributed by atoms with van der Waals surface area (Å²) in [5, 5.41) is 14.6. The van der Waals surface area contributed by atoms with Crippen molar-refractivity contribution >= 4 is 17.8 Å². The summed E-state index contributed by atoms with van der Waals surface area (Å²) < 4.78 is 10.7. The van der Waals surface area contributed by atoms with E-state index in [4.69, 9.17) is 14.6 Å². The Balaban J connectivity index is 1.97. The van der Waals surface area contributed by atoms with Crippen LogP contribution in [0.5, 0.6) is 11.5 Å². The molecule has 1 fully saturated rings. The minimum atomic E-state index is -0.823. The molecule has 0 aliphatic heterocycles. The predicted octanol–water partition coefficient (Wildman–Crippen LogP) is 1.58. The summed E-state index contributed by atoms with van der Waals surface area (Å²) in [4.78, 5) is 35.1. The fourth-order valence-electron chi connectivity index (χ4n) is 3.04. The second-order valence-corrected chi connectivity index (χ2v) is 6.90. The molecule has 1 aromatic rings. The van der Waals surface area contributed by atoms with Gasteiger partial charge in [0.05, 0.1) is 13.0 Å². The monoisotopic (exact) mass is 378 g/mol. The zero-order valence-electron chi connectivity index (χ0n) is 15.8. The third-order valence-electron chi connectivity index (χ3n) is 4.35. The van der Waals surface area contributed by atoms with Crippen molar-refractivity contribution in [1.29, 1.82) is 0 Å². The zero-order chi connectivity index (χ0) is 20.0. The SMILES string of the molecule is COc1cc(C(=O)N[C@H]2CC[C@@H](C(=O)O)C2)ccc1OCC(=O)NC(C)C. The average Bonchev–Trinajstić information content (AvgIpc) is 3.08. The van der Waals surface area contributed by atoms with Crippen LogP contribution in [-0.2, 0) is 9.59 Å². The lowest BCUT2D eigenvalue weighted by Crippen LogP contribution is -2.34. The third kappa shape index (κ3) is 5.87. The van der Waals surface area contributed by atoms with Crippen LogP contribution in [0, 0.1) is 5.92 Å². The van der Waals surface area contributed by atoms with Crippen LogP contribution in [-0.4, -0.2) is 48.7 Å². The van der Waals surface area contributed by atoms with Crippen LogP contribution < -0.4 is 20.1 Å². The predicted molar refractivity (Wildman–Crippen MR) is 98.0 cm³/mol. The van der Waals surface area contributed by atoms with Crippen molar-refractivity contribution in [3.8, 4) is 11.5 Å². The molecule has 1 aromatic carbocycles. The molecule has 0 unspecified atom stereocenters. The van der Waals surface area contributed by atoms with Gasteiger partial charge < -0.3 is 25.2 Å². The number of hydrogen-bond donors (Lipinski definition) is 3. The Bertz CT molecular complexity index is 703. The number of carboxylic acids is 1. The largest absolute Gasteiger partial charge is 0.493 e. The van der Waals surface area contributed by atoms with Gasteiger partial charge in [-0.3, -0.25) is 14.4 Å². The topological polar surface area (TPSA) is 114 Å². The van der Waals surface area contributed by atoms with Gasteiger partial charge >= 0.3 is 5.97 Å². The van der Waals surface area contributed by atoms with E-state index in [0.29, 0.717) is 36.3 Å². The van der Waals surface area contributed by atoms with Crippen molar-refractivity contribution in [2.75, 3.05) is 13.7 Å². The maximum atomic E-state index is 12.4. The number of hydrogen-bond acceptors (Lipinski definition) is 5. The first-order valence-corrected chi connectivity index (χ1v) is 8.94. The Labute approximate surface area is 158 Å². The Kier molecular flexibility index (Phi) is 7.04. The molecule has 0 heterocycles. The lowest BCUT2D eigenvalue weighted by molar-refractivity contribution is -0.141. The molecule has 8 nitrogen and oxygen atoms in total. The third-order valence-corrected chi connectivity index (χ3v) is 4.35. The van der Waals surface area contributed by atoms with E-state index >= 15 is 0 Å². The number of rotatable bonds is 8. The number of carbonyl (C=O) groups excluding carboxylic acids is 2. The first-order chi connectivity index (χ1) is 12.8. The highest BCUT2D eigenvalue weighted by Crippen LogP contribution is 2.29. The van der Waals surface area contributed by atoms with Crippen LogP contribution in [0.4, 0.5) is 0 Å². The Morgan fingerprint density at radius 3 is 2.56 bits per heavy atom. The number of aliphatic carboxylic acids is 1. The first-order valence-electron chi connectivity index (χ1n) is 8.94. The average molecular weight is 378 g/mol. The second kappa shape index (κ2) is 9.25. The number of methoxy groups -OCH3 is 1. The van der Waals surface area contributed by atoms with Gasteiger partial charge in [-0.25, -0.2) is 0 Å². The quantitative estimate of drug-likeness (QED) is 0.633. The molecule has 1 saturated carbocycles. The molecule has 3 N–H and O–H groups in total. The summed E-state index contributed by atoms with van der Waals surface area (Å²) in [5.74, 6) is -1.07. The van der Waals surface area contributed by atoms with Gasteiger partial charge in [0.2, 0.25) is 0 Å².